The van der Waals surface area contributed by atoms with Crippen LogP contribution in [0.4, 0.5) is 0 Å². The lowest BCUT2D eigenvalue weighted by Crippen LogP contribution is -2.39. The molecular weight excluding hydrogens is 437 g/mol. The van der Waals surface area contributed by atoms with E-state index in [1.54, 1.807) is 7.11 Å². The first-order chi connectivity index (χ1) is 11.3. The van der Waals surface area contributed by atoms with Gasteiger partial charge in [-0.15, -0.1) is 24.0 Å². The molecule has 0 radical (unpaired) electrons. The van der Waals surface area contributed by atoms with E-state index < -0.39 is 0 Å². The molecule has 0 heterocycles. The molecule has 0 aliphatic rings. The Morgan fingerprint density at radius 3 is 2.50 bits per heavy atom. The van der Waals surface area contributed by atoms with Gasteiger partial charge in [0.1, 0.15) is 5.75 Å². The van der Waals surface area contributed by atoms with Crippen molar-refractivity contribution in [1.29, 1.82) is 0 Å². The Balaban J connectivity index is 0.00000529. The molecule has 1 aromatic rings. The van der Waals surface area contributed by atoms with Crippen LogP contribution in [0.5, 0.6) is 5.75 Å². The van der Waals surface area contributed by atoms with Gasteiger partial charge in [0.05, 0.1) is 13.7 Å². The first-order valence-corrected chi connectivity index (χ1v) is 9.41. The van der Waals surface area contributed by atoms with Crippen LogP contribution in [0.15, 0.2) is 29.3 Å². The monoisotopic (exact) mass is 467 g/mol. The normalized spacial score (nSPS) is 10.9. The van der Waals surface area contributed by atoms with Gasteiger partial charge in [-0.1, -0.05) is 12.1 Å². The van der Waals surface area contributed by atoms with Crippen molar-refractivity contribution in [2.24, 2.45) is 4.99 Å². The Morgan fingerprint density at radius 1 is 1.17 bits per heavy atom. The number of nitrogens with one attached hydrogen (secondary N) is 2. The van der Waals surface area contributed by atoms with Crippen molar-refractivity contribution in [2.45, 2.75) is 19.9 Å². The standard InChI is InChI=1S/C17H29N3O2S.HI/c1-4-22-12-5-10-18-17(19-11-13-23-3)20-14-15-6-8-16(21-2)9-7-15;/h6-9H,4-5,10-14H2,1-3H3,(H2,18,19,20);1H. The van der Waals surface area contributed by atoms with Crippen LogP contribution >= 0.6 is 35.7 Å². The molecule has 0 spiro atoms. The van der Waals surface area contributed by atoms with Gasteiger partial charge >= 0.3 is 0 Å². The summed E-state index contributed by atoms with van der Waals surface area (Å²) in [6.07, 6.45) is 3.07. The molecule has 0 amide bonds. The summed E-state index contributed by atoms with van der Waals surface area (Å²) in [5.41, 5.74) is 1.16. The number of thioether (sulfide) groups is 1. The Kier molecular flexibility index (Phi) is 15.4. The zero-order valence-corrected chi connectivity index (χ0v) is 18.0. The minimum Gasteiger partial charge on any atom is -0.497 e. The molecule has 0 saturated heterocycles. The maximum absolute atomic E-state index is 5.35. The molecule has 1 aromatic carbocycles. The van der Waals surface area contributed by atoms with Crippen LogP contribution in [-0.4, -0.2) is 51.4 Å². The number of benzene rings is 1. The molecule has 7 heteroatoms. The van der Waals surface area contributed by atoms with Crippen LogP contribution in [0.3, 0.4) is 0 Å². The van der Waals surface area contributed by atoms with Crippen molar-refractivity contribution < 1.29 is 9.47 Å². The van der Waals surface area contributed by atoms with E-state index in [-0.39, 0.29) is 24.0 Å². The van der Waals surface area contributed by atoms with Gasteiger partial charge in [0, 0.05) is 32.1 Å². The summed E-state index contributed by atoms with van der Waals surface area (Å²) in [6, 6.07) is 8.00. The molecule has 2 N–H and O–H groups in total. The minimum atomic E-state index is 0. The zero-order chi connectivity index (χ0) is 16.8. The highest BCUT2D eigenvalue weighted by Gasteiger charge is 1.99. The molecule has 0 atom stereocenters. The lowest BCUT2D eigenvalue weighted by atomic mass is 10.2. The molecule has 0 saturated carbocycles. The van der Waals surface area contributed by atoms with Gasteiger partial charge in [-0.2, -0.15) is 11.8 Å². The van der Waals surface area contributed by atoms with Crippen molar-refractivity contribution in [3.8, 4) is 5.75 Å². The smallest absolute Gasteiger partial charge is 0.191 e. The fourth-order valence-electron chi connectivity index (χ4n) is 1.87. The predicted octanol–water partition coefficient (Wildman–Crippen LogP) is 3.14. The van der Waals surface area contributed by atoms with E-state index >= 15 is 0 Å². The van der Waals surface area contributed by atoms with E-state index in [4.69, 9.17) is 9.47 Å². The van der Waals surface area contributed by atoms with Crippen molar-refractivity contribution in [3.63, 3.8) is 0 Å². The quantitative estimate of drug-likeness (QED) is 0.227. The Bertz CT molecular complexity index is 444. The Labute approximate surface area is 167 Å². The minimum absolute atomic E-state index is 0. The molecule has 0 aliphatic carbocycles. The highest BCUT2D eigenvalue weighted by molar-refractivity contribution is 14.0. The predicted molar refractivity (Wildman–Crippen MR) is 115 cm³/mol. The second-order valence-corrected chi connectivity index (χ2v) is 5.90. The first-order valence-electron chi connectivity index (χ1n) is 8.02. The summed E-state index contributed by atoms with van der Waals surface area (Å²) >= 11 is 1.82. The molecule has 0 aliphatic heterocycles. The molecule has 0 bridgehead atoms. The van der Waals surface area contributed by atoms with Crippen molar-refractivity contribution >= 4 is 41.7 Å². The molecule has 0 fully saturated rings. The molecular formula is C17H30IN3O2S. The Morgan fingerprint density at radius 2 is 1.88 bits per heavy atom. The second kappa shape index (κ2) is 15.8. The van der Waals surface area contributed by atoms with Gasteiger partial charge in [0.15, 0.2) is 5.96 Å². The highest BCUT2D eigenvalue weighted by atomic mass is 127. The number of hydrogen-bond donors (Lipinski definition) is 2. The topological polar surface area (TPSA) is 54.9 Å². The van der Waals surface area contributed by atoms with E-state index in [2.05, 4.69) is 21.9 Å². The van der Waals surface area contributed by atoms with Gasteiger partial charge < -0.3 is 20.1 Å². The maximum Gasteiger partial charge on any atom is 0.191 e. The largest absolute Gasteiger partial charge is 0.497 e. The lowest BCUT2D eigenvalue weighted by molar-refractivity contribution is 0.145. The number of methoxy groups -OCH3 is 1. The van der Waals surface area contributed by atoms with Crippen molar-refractivity contribution in [3.05, 3.63) is 29.8 Å². The third-order valence-corrected chi connectivity index (χ3v) is 3.75. The van der Waals surface area contributed by atoms with Crippen LogP contribution < -0.4 is 15.4 Å². The number of aliphatic imine (C=N–C) groups is 1. The summed E-state index contributed by atoms with van der Waals surface area (Å²) in [6.45, 7) is 5.96. The third-order valence-electron chi connectivity index (χ3n) is 3.14. The van der Waals surface area contributed by atoms with E-state index in [0.717, 1.165) is 55.7 Å². The number of hydrogen-bond acceptors (Lipinski definition) is 4. The molecule has 0 unspecified atom stereocenters. The fourth-order valence-corrected chi connectivity index (χ4v) is 2.18. The average Bonchev–Trinajstić information content (AvgIpc) is 2.59. The van der Waals surface area contributed by atoms with Crippen LogP contribution in [0.25, 0.3) is 0 Å². The molecule has 24 heavy (non-hydrogen) atoms. The molecule has 5 nitrogen and oxygen atoms in total. The van der Waals surface area contributed by atoms with E-state index in [9.17, 15) is 0 Å². The molecule has 1 rings (SSSR count). The number of rotatable bonds is 11. The van der Waals surface area contributed by atoms with Crippen molar-refractivity contribution in [1.82, 2.24) is 10.6 Å². The number of halogens is 1. The number of ether oxygens (including phenoxy) is 2. The summed E-state index contributed by atoms with van der Waals surface area (Å²) < 4.78 is 10.5. The SMILES string of the molecule is CCOCCCNC(=NCc1ccc(OC)cc1)NCCSC.I. The van der Waals surface area contributed by atoms with Crippen LogP contribution in [0.1, 0.15) is 18.9 Å². The van der Waals surface area contributed by atoms with E-state index in [1.165, 1.54) is 0 Å². The van der Waals surface area contributed by atoms with Gasteiger partial charge in [0.2, 0.25) is 0 Å². The zero-order valence-electron chi connectivity index (χ0n) is 14.8. The van der Waals surface area contributed by atoms with Gasteiger partial charge in [-0.25, -0.2) is 4.99 Å². The van der Waals surface area contributed by atoms with E-state index in [1.807, 2.05) is 43.0 Å². The van der Waals surface area contributed by atoms with Crippen LogP contribution in [-0.2, 0) is 11.3 Å². The second-order valence-electron chi connectivity index (χ2n) is 4.91. The maximum atomic E-state index is 5.35. The van der Waals surface area contributed by atoms with Crippen LogP contribution in [0.2, 0.25) is 0 Å². The third kappa shape index (κ3) is 11.0. The summed E-state index contributed by atoms with van der Waals surface area (Å²) in [4.78, 5) is 4.64. The summed E-state index contributed by atoms with van der Waals surface area (Å²) in [5, 5.41) is 6.71. The Hall–Kier alpha value is -0.670. The van der Waals surface area contributed by atoms with Gasteiger partial charge in [0.25, 0.3) is 0 Å². The van der Waals surface area contributed by atoms with Gasteiger partial charge in [-0.05, 0) is 37.3 Å². The van der Waals surface area contributed by atoms with Crippen LogP contribution in [0, 0.1) is 0 Å². The fraction of sp³-hybridized carbons (Fsp3) is 0.588. The van der Waals surface area contributed by atoms with Gasteiger partial charge in [-0.3, -0.25) is 0 Å². The summed E-state index contributed by atoms with van der Waals surface area (Å²) in [7, 11) is 1.67. The van der Waals surface area contributed by atoms with E-state index in [0.29, 0.717) is 6.54 Å². The molecule has 138 valence electrons. The summed E-state index contributed by atoms with van der Waals surface area (Å²) in [5.74, 6) is 2.78. The average molecular weight is 467 g/mol. The highest BCUT2D eigenvalue weighted by Crippen LogP contribution is 2.11. The number of guanidine groups is 1. The molecule has 0 aromatic heterocycles. The van der Waals surface area contributed by atoms with Crippen molar-refractivity contribution in [2.75, 3.05) is 45.4 Å². The first kappa shape index (κ1) is 23.3. The number of nitrogens with zero attached hydrogens (tertiary/aromatic N) is 1. The lowest BCUT2D eigenvalue weighted by Gasteiger charge is -2.12.